The molecule has 0 radical (unpaired) electrons. The van der Waals surface area contributed by atoms with Gasteiger partial charge in [0.2, 0.25) is 0 Å². The van der Waals surface area contributed by atoms with Crippen molar-refractivity contribution in [1.82, 2.24) is 0 Å². The maximum Gasteiger partial charge on any atom is 0.352 e. The molecule has 40 valence electrons. The second-order valence-electron chi connectivity index (χ2n) is 0.659. The molecule has 0 fully saturated rings. The molecule has 0 saturated carbocycles. The van der Waals surface area contributed by atoms with E-state index in [0.29, 0.717) is 0 Å². The van der Waals surface area contributed by atoms with E-state index in [1.54, 1.807) is 0 Å². The van der Waals surface area contributed by atoms with E-state index in [1.165, 1.54) is 0 Å². The third-order valence-corrected chi connectivity index (χ3v) is 0. The Hall–Kier alpha value is -0.130. The number of hydrogen-bond acceptors (Lipinski definition) is 1. The van der Waals surface area contributed by atoms with Gasteiger partial charge in [-0.05, 0) is 0 Å². The van der Waals surface area contributed by atoms with E-state index in [0.717, 1.165) is 0 Å². The zero-order valence-electron chi connectivity index (χ0n) is 2.42. The van der Waals surface area contributed by atoms with Crippen LogP contribution in [0.3, 0.4) is 0 Å². The summed E-state index contributed by atoms with van der Waals surface area (Å²) in [6.07, 6.45) is 0. The fourth-order valence-corrected chi connectivity index (χ4v) is 0. The van der Waals surface area contributed by atoms with Crippen LogP contribution in [0.15, 0.2) is 0 Å². The van der Waals surface area contributed by atoms with Gasteiger partial charge >= 0.3 is 10.5 Å². The largest absolute Gasteiger partial charge is 0.352 e. The lowest BCUT2D eigenvalue weighted by molar-refractivity contribution is 0.494. The molecule has 0 atom stereocenters. The van der Waals surface area contributed by atoms with Gasteiger partial charge in [-0.2, -0.15) is 4.78 Å². The minimum Gasteiger partial charge on any atom is -0.194 e. The molecule has 0 aromatic heterocycles. The lowest BCUT2D eigenvalue weighted by atomic mass is 14.0. The van der Waals surface area contributed by atoms with Crippen molar-refractivity contribution in [3.63, 3.8) is 0 Å². The van der Waals surface area contributed by atoms with Crippen LogP contribution >= 0.6 is 0 Å². The molecule has 0 rings (SSSR count). The first-order chi connectivity index (χ1) is 2.24. The highest BCUT2D eigenvalue weighted by Crippen LogP contribution is 2.33. The van der Waals surface area contributed by atoms with Crippen molar-refractivity contribution >= 4 is 10.5 Å². The minimum absolute atomic E-state index is 4.73. The molecule has 0 unspecified atom stereocenters. The predicted octanol–water partition coefficient (Wildman–Crippen LogP) is 1.98. The maximum atomic E-state index is 10.2. The van der Waals surface area contributed by atoms with E-state index >= 15 is 0 Å². The van der Waals surface area contributed by atoms with Crippen LogP contribution in [0.2, 0.25) is 0 Å². The highest BCUT2D eigenvalue weighted by atomic mass is 32.4. The average Bonchev–Trinajstić information content (AvgIpc) is 0.650. The fourth-order valence-electron chi connectivity index (χ4n) is 0. The summed E-state index contributed by atoms with van der Waals surface area (Å²) >= 11 is 0. The van der Waals surface area contributed by atoms with Crippen LogP contribution in [0.5, 0.6) is 0 Å². The quantitative estimate of drug-likeness (QED) is 0.476. The van der Waals surface area contributed by atoms with Gasteiger partial charge < -0.3 is 0 Å². The molecule has 0 spiro atoms. The van der Waals surface area contributed by atoms with Gasteiger partial charge in [-0.15, -0.1) is 0 Å². The normalized spacial score (nSPS) is 19.0. The summed E-state index contributed by atoms with van der Waals surface area (Å²) in [5.41, 5.74) is 0. The van der Waals surface area contributed by atoms with Crippen molar-refractivity contribution in [3.05, 3.63) is 0 Å². The summed E-state index contributed by atoms with van der Waals surface area (Å²) < 4.78 is 45.3. The lowest BCUT2D eigenvalue weighted by Gasteiger charge is -2.01. The Morgan fingerprint density at radius 1 is 1.00 bits per heavy atom. The van der Waals surface area contributed by atoms with Gasteiger partial charge in [-0.3, -0.25) is 0 Å². The molecule has 0 aromatic rings. The van der Waals surface area contributed by atoms with Gasteiger partial charge in [0.1, 0.15) is 0 Å². The van der Waals surface area contributed by atoms with Crippen molar-refractivity contribution in [2.75, 3.05) is 0 Å². The second-order valence-corrected chi connectivity index (χ2v) is 1.98. The molecule has 0 aliphatic carbocycles. The summed E-state index contributed by atoms with van der Waals surface area (Å²) in [5, 5.41) is 0. The third-order valence-electron chi connectivity index (χ3n) is 0. The molecule has 6 heavy (non-hydrogen) atoms. The summed E-state index contributed by atoms with van der Waals surface area (Å²) in [7, 11) is -7.60. The average molecular weight is 123 g/mol. The van der Waals surface area contributed by atoms with Gasteiger partial charge in [-0.25, -0.2) is 0 Å². The van der Waals surface area contributed by atoms with Gasteiger partial charge in [0.15, 0.2) is 0 Å². The molecular weight excluding hydrogens is 122 g/mol. The van der Waals surface area contributed by atoms with Crippen molar-refractivity contribution < 1.29 is 15.5 Å². The van der Waals surface area contributed by atoms with Crippen LogP contribution in [0.4, 0.5) is 15.5 Å². The Labute approximate surface area is 32.0 Å². The van der Waals surface area contributed by atoms with Crippen molar-refractivity contribution in [3.8, 4) is 0 Å². The Morgan fingerprint density at radius 3 is 1.00 bits per heavy atom. The minimum atomic E-state index is -7.60. The number of hydrogen-bond donors (Lipinski definition) is 1. The van der Waals surface area contributed by atoms with E-state index in [1.807, 2.05) is 0 Å². The molecule has 0 heterocycles. The van der Waals surface area contributed by atoms with Crippen LogP contribution in [-0.2, 0) is 10.5 Å². The van der Waals surface area contributed by atoms with Gasteiger partial charge in [0.25, 0.3) is 0 Å². The topological polar surface area (TPSA) is 23.9 Å². The van der Waals surface area contributed by atoms with Crippen LogP contribution in [-0.4, -0.2) is 0 Å². The molecule has 1 nitrogen and oxygen atoms in total. The van der Waals surface area contributed by atoms with Crippen molar-refractivity contribution in [2.45, 2.75) is 0 Å². The molecule has 0 aliphatic rings. The summed E-state index contributed by atoms with van der Waals surface area (Å²) in [6.45, 7) is 0. The Balaban J connectivity index is 4.16. The zero-order chi connectivity index (χ0) is 5.45. The summed E-state index contributed by atoms with van der Waals surface area (Å²) in [5.74, 6) is 0. The van der Waals surface area contributed by atoms with E-state index in [4.69, 9.17) is 4.78 Å². The summed E-state index contributed by atoms with van der Waals surface area (Å²) in [4.78, 5) is 0. The predicted molar refractivity (Wildman–Crippen MR) is 14.5 cm³/mol. The molecule has 0 saturated heterocycles. The fraction of sp³-hybridized carbons (Fsp3) is 0. The first kappa shape index (κ1) is 5.87. The molecule has 6 heteroatoms. The van der Waals surface area contributed by atoms with Crippen LogP contribution in [0, 0.1) is 4.78 Å². The molecule has 1 N–H and O–H groups in total. The summed E-state index contributed by atoms with van der Waals surface area (Å²) in [6, 6.07) is 0. The highest BCUT2D eigenvalue weighted by Gasteiger charge is 2.26. The maximum absolute atomic E-state index is 10.2. The second kappa shape index (κ2) is 0.749. The monoisotopic (exact) mass is 123 g/mol. The van der Waals surface area contributed by atoms with Gasteiger partial charge in [0, 0.05) is 0 Å². The number of nitrogens with one attached hydrogen (secondary N) is 1. The van der Waals surface area contributed by atoms with Gasteiger partial charge in [0.05, 0.1) is 0 Å². The van der Waals surface area contributed by atoms with E-state index in [2.05, 4.69) is 0 Å². The highest BCUT2D eigenvalue weighted by molar-refractivity contribution is 8.02. The number of halogens is 4. The Bertz CT molecular complexity index is 85.2. The van der Waals surface area contributed by atoms with Gasteiger partial charge in [-0.1, -0.05) is 15.5 Å². The molecule has 0 amide bonds. The Kier molecular flexibility index (Phi) is 0.732. The van der Waals surface area contributed by atoms with Crippen LogP contribution < -0.4 is 0 Å². The Morgan fingerprint density at radius 2 is 1.00 bits per heavy atom. The lowest BCUT2D eigenvalue weighted by Crippen LogP contribution is -1.94. The number of rotatable bonds is 0. The SMILES string of the molecule is N=S(F)(F)(F)F. The van der Waals surface area contributed by atoms with E-state index in [-0.39, 0.29) is 0 Å². The standard InChI is InChI=1S/F4HNS/c1-6(2,3,4)5/h5H. The molecule has 0 bridgehead atoms. The van der Waals surface area contributed by atoms with E-state index < -0.39 is 10.5 Å². The molecule has 0 aliphatic heterocycles. The molecule has 0 aromatic carbocycles. The van der Waals surface area contributed by atoms with Crippen LogP contribution in [0.25, 0.3) is 0 Å². The first-order valence-electron chi connectivity index (χ1n) is 0.821. The van der Waals surface area contributed by atoms with Crippen molar-refractivity contribution in [2.24, 2.45) is 0 Å². The van der Waals surface area contributed by atoms with Crippen molar-refractivity contribution in [1.29, 1.82) is 4.78 Å². The third kappa shape index (κ3) is 1890. The first-order valence-corrected chi connectivity index (χ1v) is 2.46. The zero-order valence-corrected chi connectivity index (χ0v) is 3.24. The van der Waals surface area contributed by atoms with E-state index in [9.17, 15) is 15.5 Å². The van der Waals surface area contributed by atoms with Crippen LogP contribution in [0.1, 0.15) is 0 Å². The molecular formula is HF4NS. The smallest absolute Gasteiger partial charge is 0.194 e.